The van der Waals surface area contributed by atoms with Gasteiger partial charge >= 0.3 is 0 Å². The van der Waals surface area contributed by atoms with E-state index >= 15 is 0 Å². The van der Waals surface area contributed by atoms with Crippen molar-refractivity contribution in [2.45, 2.75) is 65.0 Å². The van der Waals surface area contributed by atoms with Crippen LogP contribution >= 0.6 is 11.6 Å². The van der Waals surface area contributed by atoms with E-state index in [4.69, 9.17) is 20.9 Å². The predicted octanol–water partition coefficient (Wildman–Crippen LogP) is 3.40. The summed E-state index contributed by atoms with van der Waals surface area (Å²) >= 11 is 6.13. The number of benzene rings is 1. The third kappa shape index (κ3) is 8.28. The van der Waals surface area contributed by atoms with Gasteiger partial charge in [0.1, 0.15) is 18.1 Å². The highest BCUT2D eigenvalue weighted by atomic mass is 35.5. The second kappa shape index (κ2) is 13.1. The number of rotatable bonds is 5. The van der Waals surface area contributed by atoms with Crippen molar-refractivity contribution in [3.63, 3.8) is 0 Å². The number of hydrogen-bond acceptors (Lipinski definition) is 6. The second-order valence-corrected chi connectivity index (χ2v) is 9.50. The van der Waals surface area contributed by atoms with Gasteiger partial charge in [0, 0.05) is 30.1 Å². The van der Waals surface area contributed by atoms with Crippen molar-refractivity contribution < 1.29 is 23.6 Å². The minimum absolute atomic E-state index is 0.100. The van der Waals surface area contributed by atoms with Crippen LogP contribution in [0, 0.1) is 5.92 Å². The van der Waals surface area contributed by atoms with Crippen LogP contribution in [0.15, 0.2) is 29.0 Å². The third-order valence-electron chi connectivity index (χ3n) is 5.65. The van der Waals surface area contributed by atoms with E-state index in [0.717, 1.165) is 36.9 Å². The van der Waals surface area contributed by atoms with Crippen molar-refractivity contribution in [2.24, 2.45) is 5.92 Å². The van der Waals surface area contributed by atoms with Crippen LogP contribution in [0.3, 0.4) is 0 Å². The van der Waals surface area contributed by atoms with Crippen molar-refractivity contribution in [3.8, 4) is 5.75 Å². The average Bonchev–Trinajstić information content (AvgIpc) is 3.25. The molecule has 35 heavy (non-hydrogen) atoms. The molecule has 0 radical (unpaired) electrons. The Morgan fingerprint density at radius 2 is 2.09 bits per heavy atom. The van der Waals surface area contributed by atoms with Gasteiger partial charge in [0.15, 0.2) is 0 Å². The predicted molar refractivity (Wildman–Crippen MR) is 131 cm³/mol. The van der Waals surface area contributed by atoms with Gasteiger partial charge in [-0.1, -0.05) is 30.6 Å². The van der Waals surface area contributed by atoms with Gasteiger partial charge in [-0.15, -0.1) is 0 Å². The van der Waals surface area contributed by atoms with E-state index in [9.17, 15) is 14.4 Å². The maximum atomic E-state index is 13.1. The first-order valence-electron chi connectivity index (χ1n) is 12.0. The highest BCUT2D eigenvalue weighted by Gasteiger charge is 2.25. The van der Waals surface area contributed by atoms with Gasteiger partial charge in [-0.25, -0.2) is 0 Å². The lowest BCUT2D eigenvalue weighted by Crippen LogP contribution is -2.47. The fourth-order valence-corrected chi connectivity index (χ4v) is 3.94. The van der Waals surface area contributed by atoms with Crippen LogP contribution in [0.4, 0.5) is 0 Å². The molecule has 0 aliphatic carbocycles. The fourth-order valence-electron chi connectivity index (χ4n) is 3.77. The topological polar surface area (TPSA) is 123 Å². The Hall–Kier alpha value is -3.07. The molecule has 0 spiro atoms. The summed E-state index contributed by atoms with van der Waals surface area (Å²) in [5, 5.41) is 12.9. The van der Waals surface area contributed by atoms with E-state index in [1.165, 1.54) is 12.3 Å². The molecular formula is C25H33ClN4O5. The molecule has 3 rings (SSSR count). The molecule has 2 heterocycles. The number of carbonyl (C=O) groups excluding carboxylic acids is 3. The number of fused-ring (bicyclic) bond motifs is 1. The number of ether oxygens (including phenoxy) is 1. The highest BCUT2D eigenvalue weighted by Crippen LogP contribution is 2.24. The van der Waals surface area contributed by atoms with E-state index in [0.29, 0.717) is 29.8 Å². The zero-order chi connectivity index (χ0) is 25.2. The van der Waals surface area contributed by atoms with Gasteiger partial charge < -0.3 is 25.2 Å². The van der Waals surface area contributed by atoms with Crippen molar-refractivity contribution in [1.82, 2.24) is 21.1 Å². The lowest BCUT2D eigenvalue weighted by atomic mass is 10.0. The van der Waals surface area contributed by atoms with E-state index < -0.39 is 17.9 Å². The minimum atomic E-state index is -0.932. The van der Waals surface area contributed by atoms with Gasteiger partial charge in [0.25, 0.3) is 5.91 Å². The first-order valence-corrected chi connectivity index (χ1v) is 12.4. The molecule has 10 heteroatoms. The van der Waals surface area contributed by atoms with E-state index in [1.807, 2.05) is 0 Å². The molecule has 1 atom stereocenters. The molecule has 3 N–H and O–H groups in total. The molecule has 0 bridgehead atoms. The molecule has 0 fully saturated rings. The Kier molecular flexibility index (Phi) is 9.96. The molecule has 0 saturated heterocycles. The number of amides is 3. The summed E-state index contributed by atoms with van der Waals surface area (Å²) < 4.78 is 10.9. The number of nitrogens with one attached hydrogen (secondary N) is 3. The van der Waals surface area contributed by atoms with Crippen LogP contribution in [0.1, 0.15) is 67.6 Å². The van der Waals surface area contributed by atoms with Gasteiger partial charge in [-0.05, 0) is 56.2 Å². The molecule has 2 aromatic rings. The van der Waals surface area contributed by atoms with E-state index in [2.05, 4.69) is 35.0 Å². The lowest BCUT2D eigenvalue weighted by molar-refractivity contribution is -0.124. The normalized spacial score (nSPS) is 17.9. The molecule has 1 aliphatic heterocycles. The lowest BCUT2D eigenvalue weighted by Gasteiger charge is -2.19. The SMILES string of the molecule is CC(C)Cc1nocc1CNC(=O)[C@@H]1CCC(=O)NCCCCCOc2ccc(Cl)cc2C(=O)N1. The minimum Gasteiger partial charge on any atom is -0.493 e. The zero-order valence-corrected chi connectivity index (χ0v) is 21.0. The maximum Gasteiger partial charge on any atom is 0.255 e. The van der Waals surface area contributed by atoms with Crippen LogP contribution in [0.2, 0.25) is 5.02 Å². The molecule has 3 amide bonds. The van der Waals surface area contributed by atoms with E-state index in [1.54, 1.807) is 12.1 Å². The van der Waals surface area contributed by atoms with Crippen LogP contribution in [-0.4, -0.2) is 42.1 Å². The second-order valence-electron chi connectivity index (χ2n) is 9.07. The quantitative estimate of drug-likeness (QED) is 0.573. The fraction of sp³-hybridized carbons (Fsp3) is 0.520. The van der Waals surface area contributed by atoms with Crippen molar-refractivity contribution >= 4 is 29.3 Å². The molecule has 1 aromatic heterocycles. The zero-order valence-electron chi connectivity index (χ0n) is 20.2. The van der Waals surface area contributed by atoms with Gasteiger partial charge in [-0.2, -0.15) is 0 Å². The standard InChI is InChI=1S/C25H33ClN4O5/c1-16(2)12-21-17(15-35-30-21)14-28-25(33)20-7-9-23(31)27-10-4-3-5-11-34-22-8-6-18(26)13-19(22)24(32)29-20/h6,8,13,15-16,20H,3-5,7,9-12,14H2,1-2H3,(H,27,31)(H,28,33)(H,29,32)/t20-/m0/s1. The molecular weight excluding hydrogens is 472 g/mol. The third-order valence-corrected chi connectivity index (χ3v) is 5.89. The largest absolute Gasteiger partial charge is 0.493 e. The van der Waals surface area contributed by atoms with E-state index in [-0.39, 0.29) is 30.9 Å². The smallest absolute Gasteiger partial charge is 0.255 e. The summed E-state index contributed by atoms with van der Waals surface area (Å²) in [6, 6.07) is 3.89. The summed E-state index contributed by atoms with van der Waals surface area (Å²) in [6.07, 6.45) is 4.96. The first kappa shape index (κ1) is 26.5. The summed E-state index contributed by atoms with van der Waals surface area (Å²) in [5.74, 6) is -0.284. The molecule has 0 saturated carbocycles. The first-order chi connectivity index (χ1) is 16.8. The van der Waals surface area contributed by atoms with Crippen molar-refractivity contribution in [3.05, 3.63) is 46.3 Å². The molecule has 0 unspecified atom stereocenters. The van der Waals surface area contributed by atoms with Gasteiger partial charge in [-0.3, -0.25) is 14.4 Å². The number of aromatic nitrogens is 1. The summed E-state index contributed by atoms with van der Waals surface area (Å²) in [7, 11) is 0. The Morgan fingerprint density at radius 3 is 2.89 bits per heavy atom. The molecule has 9 nitrogen and oxygen atoms in total. The Bertz CT molecular complexity index is 1020. The maximum absolute atomic E-state index is 13.1. The van der Waals surface area contributed by atoms with Crippen LogP contribution in [0.5, 0.6) is 5.75 Å². The van der Waals surface area contributed by atoms with Gasteiger partial charge in [0.05, 0.1) is 17.9 Å². The Labute approximate surface area is 210 Å². The number of hydrogen-bond donors (Lipinski definition) is 3. The monoisotopic (exact) mass is 504 g/mol. The van der Waals surface area contributed by atoms with Crippen molar-refractivity contribution in [1.29, 1.82) is 0 Å². The van der Waals surface area contributed by atoms with Gasteiger partial charge in [0.2, 0.25) is 11.8 Å². The number of carbonyl (C=O) groups is 3. The summed E-state index contributed by atoms with van der Waals surface area (Å²) in [4.78, 5) is 38.5. The number of halogens is 1. The summed E-state index contributed by atoms with van der Waals surface area (Å²) in [6.45, 7) is 5.33. The van der Waals surface area contributed by atoms with Crippen LogP contribution < -0.4 is 20.7 Å². The Balaban J connectivity index is 1.76. The highest BCUT2D eigenvalue weighted by molar-refractivity contribution is 6.31. The average molecular weight is 505 g/mol. The summed E-state index contributed by atoms with van der Waals surface area (Å²) in [5.41, 5.74) is 1.80. The van der Waals surface area contributed by atoms with Crippen LogP contribution in [-0.2, 0) is 22.6 Å². The van der Waals surface area contributed by atoms with Crippen LogP contribution in [0.25, 0.3) is 0 Å². The van der Waals surface area contributed by atoms with Crippen molar-refractivity contribution in [2.75, 3.05) is 13.2 Å². The Morgan fingerprint density at radius 1 is 1.26 bits per heavy atom. The molecule has 1 aromatic carbocycles. The number of nitrogens with zero attached hydrogens (tertiary/aromatic N) is 1. The molecule has 190 valence electrons. The molecule has 1 aliphatic rings.